The number of aromatic nitrogens is 5. The first-order valence-corrected chi connectivity index (χ1v) is 8.48. The summed E-state index contributed by atoms with van der Waals surface area (Å²) in [7, 11) is 0. The van der Waals surface area contributed by atoms with E-state index in [9.17, 15) is 0 Å². The highest BCUT2D eigenvalue weighted by Crippen LogP contribution is 2.40. The van der Waals surface area contributed by atoms with E-state index in [-0.39, 0.29) is 6.04 Å². The van der Waals surface area contributed by atoms with Crippen LogP contribution in [-0.4, -0.2) is 31.7 Å². The lowest BCUT2D eigenvalue weighted by Crippen LogP contribution is -2.23. The fourth-order valence-electron chi connectivity index (χ4n) is 3.29. The Morgan fingerprint density at radius 1 is 1.22 bits per heavy atom. The molecule has 114 valence electrons. The summed E-state index contributed by atoms with van der Waals surface area (Å²) in [6, 6.07) is 8.59. The van der Waals surface area contributed by atoms with Crippen molar-refractivity contribution in [2.24, 2.45) is 0 Å². The summed E-state index contributed by atoms with van der Waals surface area (Å²) in [6.07, 6.45) is 5.65. The molecule has 1 fully saturated rings. The van der Waals surface area contributed by atoms with Gasteiger partial charge < -0.3 is 4.90 Å². The average molecular weight is 322 g/mol. The maximum Gasteiger partial charge on any atom is 0.160 e. The number of fused-ring (bicyclic) bond motifs is 2. The Kier molecular flexibility index (Phi) is 2.81. The van der Waals surface area contributed by atoms with E-state index in [0.717, 1.165) is 41.8 Å². The molecule has 6 nitrogen and oxygen atoms in total. The number of nitrogens with zero attached hydrogens (tertiary/aromatic N) is 5. The van der Waals surface area contributed by atoms with E-state index in [0.29, 0.717) is 0 Å². The van der Waals surface area contributed by atoms with Crippen molar-refractivity contribution in [1.82, 2.24) is 25.1 Å². The topological polar surface area (TPSA) is 70.6 Å². The van der Waals surface area contributed by atoms with E-state index in [4.69, 9.17) is 4.98 Å². The molecule has 4 aromatic rings. The van der Waals surface area contributed by atoms with E-state index in [1.807, 2.05) is 6.07 Å². The largest absolute Gasteiger partial charge is 0.346 e. The van der Waals surface area contributed by atoms with Gasteiger partial charge in [-0.1, -0.05) is 12.1 Å². The van der Waals surface area contributed by atoms with Crippen LogP contribution in [0.25, 0.3) is 21.3 Å². The van der Waals surface area contributed by atoms with Crippen molar-refractivity contribution < 1.29 is 0 Å². The predicted molar refractivity (Wildman–Crippen MR) is 90.6 cm³/mol. The van der Waals surface area contributed by atoms with Crippen LogP contribution in [0.2, 0.25) is 0 Å². The molecule has 1 aliphatic heterocycles. The second-order valence-corrected chi connectivity index (χ2v) is 6.76. The standard InChI is InChI=1S/C16H14N6S/c1-2-6-13-11(4-1)20-16(23-13)12-5-3-7-22(12)15-10-8-19-21-14(10)17-9-18-15/h1-2,4,6,8-9,12H,3,5,7H2,(H,17,18,19,21)/t12-/m0/s1. The molecule has 1 atom stereocenters. The third kappa shape index (κ3) is 2.00. The smallest absolute Gasteiger partial charge is 0.160 e. The SMILES string of the molecule is c1ccc2sc([C@@H]3CCCN3c3ncnc4[nH]ncc34)nc2c1. The van der Waals surface area contributed by atoms with Crippen LogP contribution >= 0.6 is 11.3 Å². The van der Waals surface area contributed by atoms with Gasteiger partial charge >= 0.3 is 0 Å². The van der Waals surface area contributed by atoms with Crippen molar-refractivity contribution in [2.75, 3.05) is 11.4 Å². The third-order valence-corrected chi connectivity index (χ3v) is 5.48. The van der Waals surface area contributed by atoms with Crippen LogP contribution in [0, 0.1) is 0 Å². The van der Waals surface area contributed by atoms with Crippen LogP contribution in [0.3, 0.4) is 0 Å². The van der Waals surface area contributed by atoms with Crippen molar-refractivity contribution in [2.45, 2.75) is 18.9 Å². The van der Waals surface area contributed by atoms with Gasteiger partial charge in [0.25, 0.3) is 0 Å². The molecule has 0 amide bonds. The summed E-state index contributed by atoms with van der Waals surface area (Å²) in [4.78, 5) is 16.0. The maximum atomic E-state index is 4.85. The number of benzene rings is 1. The molecule has 1 N–H and O–H groups in total. The van der Waals surface area contributed by atoms with E-state index in [2.05, 4.69) is 43.3 Å². The maximum absolute atomic E-state index is 4.85. The minimum Gasteiger partial charge on any atom is -0.346 e. The number of anilines is 1. The van der Waals surface area contributed by atoms with Crippen LogP contribution in [0.15, 0.2) is 36.8 Å². The van der Waals surface area contributed by atoms with Crippen LogP contribution in [-0.2, 0) is 0 Å². The predicted octanol–water partition coefficient (Wildman–Crippen LogP) is 3.30. The highest BCUT2D eigenvalue weighted by atomic mass is 32.1. The molecule has 1 aliphatic rings. The van der Waals surface area contributed by atoms with Crippen LogP contribution in [0.4, 0.5) is 5.82 Å². The zero-order chi connectivity index (χ0) is 15.2. The summed E-state index contributed by atoms with van der Waals surface area (Å²) >= 11 is 1.78. The van der Waals surface area contributed by atoms with Crippen LogP contribution in [0.1, 0.15) is 23.9 Å². The summed E-state index contributed by atoms with van der Waals surface area (Å²) in [5, 5.41) is 9.16. The van der Waals surface area contributed by atoms with Gasteiger partial charge in [0.05, 0.1) is 27.8 Å². The Morgan fingerprint density at radius 2 is 2.17 bits per heavy atom. The number of thiazole rings is 1. The van der Waals surface area contributed by atoms with Crippen molar-refractivity contribution in [3.8, 4) is 0 Å². The first-order valence-electron chi connectivity index (χ1n) is 7.66. The lowest BCUT2D eigenvalue weighted by molar-refractivity contribution is 0.709. The molecule has 0 saturated carbocycles. The molecule has 4 heterocycles. The normalized spacial score (nSPS) is 18.3. The molecule has 23 heavy (non-hydrogen) atoms. The summed E-state index contributed by atoms with van der Waals surface area (Å²) in [5.74, 6) is 0.950. The molecule has 0 radical (unpaired) electrons. The number of aromatic amines is 1. The Morgan fingerprint density at radius 3 is 3.13 bits per heavy atom. The third-order valence-electron chi connectivity index (χ3n) is 4.35. The van der Waals surface area contributed by atoms with Gasteiger partial charge in [0.15, 0.2) is 5.65 Å². The highest BCUT2D eigenvalue weighted by molar-refractivity contribution is 7.18. The number of hydrogen-bond acceptors (Lipinski definition) is 6. The van der Waals surface area contributed by atoms with E-state index >= 15 is 0 Å². The minimum atomic E-state index is 0.278. The van der Waals surface area contributed by atoms with Crippen molar-refractivity contribution in [1.29, 1.82) is 0 Å². The molecule has 7 heteroatoms. The quantitative estimate of drug-likeness (QED) is 0.613. The zero-order valence-corrected chi connectivity index (χ0v) is 13.1. The molecule has 3 aromatic heterocycles. The Hall–Kier alpha value is -2.54. The van der Waals surface area contributed by atoms with Crippen LogP contribution < -0.4 is 4.90 Å². The van der Waals surface area contributed by atoms with Crippen LogP contribution in [0.5, 0.6) is 0 Å². The van der Waals surface area contributed by atoms with Gasteiger partial charge in [0, 0.05) is 6.54 Å². The second-order valence-electron chi connectivity index (χ2n) is 5.70. The summed E-state index contributed by atoms with van der Waals surface area (Å²) in [6.45, 7) is 0.984. The van der Waals surface area contributed by atoms with E-state index in [1.54, 1.807) is 23.9 Å². The molecule has 1 saturated heterocycles. The fraction of sp³-hybridized carbons (Fsp3) is 0.250. The van der Waals surface area contributed by atoms with Gasteiger partial charge in [-0.25, -0.2) is 15.0 Å². The summed E-state index contributed by atoms with van der Waals surface area (Å²) < 4.78 is 1.24. The average Bonchev–Trinajstić information content (AvgIpc) is 3.31. The Labute approximate surface area is 136 Å². The molecule has 1 aromatic carbocycles. The number of H-pyrrole nitrogens is 1. The molecule has 0 unspecified atom stereocenters. The number of rotatable bonds is 2. The fourth-order valence-corrected chi connectivity index (χ4v) is 4.41. The van der Waals surface area contributed by atoms with E-state index < -0.39 is 0 Å². The Balaban J connectivity index is 1.61. The highest BCUT2D eigenvalue weighted by Gasteiger charge is 2.31. The van der Waals surface area contributed by atoms with Crippen molar-refractivity contribution in [3.05, 3.63) is 41.8 Å². The number of para-hydroxylation sites is 1. The number of nitrogens with one attached hydrogen (secondary N) is 1. The summed E-state index contributed by atoms with van der Waals surface area (Å²) in [5.41, 5.74) is 1.86. The van der Waals surface area contributed by atoms with Gasteiger partial charge in [-0.3, -0.25) is 5.10 Å². The molecule has 0 bridgehead atoms. The minimum absolute atomic E-state index is 0.278. The number of hydrogen-bond donors (Lipinski definition) is 1. The second kappa shape index (κ2) is 4.99. The van der Waals surface area contributed by atoms with Gasteiger partial charge in [-0.05, 0) is 25.0 Å². The van der Waals surface area contributed by atoms with Crippen molar-refractivity contribution >= 4 is 38.4 Å². The first kappa shape index (κ1) is 13.0. The molecule has 5 rings (SSSR count). The van der Waals surface area contributed by atoms with Gasteiger partial charge in [0.1, 0.15) is 17.2 Å². The first-order chi connectivity index (χ1) is 11.4. The molecular weight excluding hydrogens is 308 g/mol. The molecule has 0 spiro atoms. The molecular formula is C16H14N6S. The Bertz CT molecular complexity index is 957. The van der Waals surface area contributed by atoms with Gasteiger partial charge in [-0.15, -0.1) is 11.3 Å². The van der Waals surface area contributed by atoms with Gasteiger partial charge in [-0.2, -0.15) is 5.10 Å². The van der Waals surface area contributed by atoms with E-state index in [1.165, 1.54) is 9.71 Å². The zero-order valence-electron chi connectivity index (χ0n) is 12.3. The lowest BCUT2D eigenvalue weighted by atomic mass is 10.2. The van der Waals surface area contributed by atoms with Crippen molar-refractivity contribution in [3.63, 3.8) is 0 Å². The molecule has 0 aliphatic carbocycles. The van der Waals surface area contributed by atoms with Gasteiger partial charge in [0.2, 0.25) is 0 Å². The monoisotopic (exact) mass is 322 g/mol. The lowest BCUT2D eigenvalue weighted by Gasteiger charge is -2.24.